The number of aliphatic hydroxyl groups excluding tert-OH is 1. The summed E-state index contributed by atoms with van der Waals surface area (Å²) >= 11 is 3.49. The highest BCUT2D eigenvalue weighted by Gasteiger charge is 2.24. The second-order valence-corrected chi connectivity index (χ2v) is 7.70. The van der Waals surface area contributed by atoms with Crippen LogP contribution >= 0.6 is 23.1 Å². The molecule has 1 aliphatic rings. The molecule has 0 aliphatic carbocycles. The van der Waals surface area contributed by atoms with Gasteiger partial charge in [-0.15, -0.1) is 11.3 Å². The average molecular weight is 329 g/mol. The molecule has 2 rings (SSSR count). The minimum Gasteiger partial charge on any atom is -0.387 e. The first kappa shape index (κ1) is 16.8. The Kier molecular flexibility index (Phi) is 6.54. The predicted octanol–water partition coefficient (Wildman–Crippen LogP) is 2.11. The number of nitrogens with zero attached hydrogens (tertiary/aromatic N) is 1. The molecule has 0 aromatic carbocycles. The lowest BCUT2D eigenvalue weighted by molar-refractivity contribution is -0.126. The number of aliphatic hydroxyl groups is 1. The van der Waals surface area contributed by atoms with Gasteiger partial charge < -0.3 is 10.4 Å². The Hall–Kier alpha value is -0.560. The summed E-state index contributed by atoms with van der Waals surface area (Å²) in [6.07, 6.45) is 0.0523. The Morgan fingerprint density at radius 2 is 2.14 bits per heavy atom. The Morgan fingerprint density at radius 3 is 2.76 bits per heavy atom. The summed E-state index contributed by atoms with van der Waals surface area (Å²) < 4.78 is 0. The highest BCUT2D eigenvalue weighted by atomic mass is 32.2. The van der Waals surface area contributed by atoms with Crippen molar-refractivity contribution in [2.75, 3.05) is 24.6 Å². The van der Waals surface area contributed by atoms with Crippen molar-refractivity contribution < 1.29 is 9.90 Å². The van der Waals surface area contributed by atoms with Gasteiger partial charge >= 0.3 is 0 Å². The van der Waals surface area contributed by atoms with Crippen LogP contribution in [0, 0.1) is 0 Å². The Balaban J connectivity index is 1.78. The highest BCUT2D eigenvalue weighted by molar-refractivity contribution is 7.99. The van der Waals surface area contributed by atoms with E-state index < -0.39 is 6.10 Å². The van der Waals surface area contributed by atoms with Gasteiger partial charge in [0.2, 0.25) is 5.91 Å². The molecule has 1 aromatic rings. The molecule has 0 saturated carbocycles. The molecule has 4 nitrogen and oxygen atoms in total. The van der Waals surface area contributed by atoms with Crippen molar-refractivity contribution in [2.24, 2.45) is 0 Å². The second kappa shape index (κ2) is 8.17. The van der Waals surface area contributed by atoms with Crippen molar-refractivity contribution >= 4 is 29.0 Å². The van der Waals surface area contributed by atoms with Crippen molar-refractivity contribution in [3.8, 4) is 0 Å². The van der Waals surface area contributed by atoms with Crippen molar-refractivity contribution in [3.63, 3.8) is 0 Å². The van der Waals surface area contributed by atoms with Gasteiger partial charge in [-0.3, -0.25) is 9.69 Å². The van der Waals surface area contributed by atoms with Crippen molar-refractivity contribution in [1.82, 2.24) is 10.2 Å². The van der Waals surface area contributed by atoms with E-state index in [0.717, 1.165) is 29.5 Å². The van der Waals surface area contributed by atoms with Crippen LogP contribution in [0.25, 0.3) is 0 Å². The van der Waals surface area contributed by atoms with Crippen LogP contribution < -0.4 is 5.32 Å². The number of nitrogens with one attached hydrogen (secondary N) is 1. The molecule has 3 atom stereocenters. The lowest BCUT2D eigenvalue weighted by Crippen LogP contribution is -2.50. The fraction of sp³-hybridized carbons (Fsp3) is 0.667. The first-order valence-electron chi connectivity index (χ1n) is 7.41. The third-order valence-corrected chi connectivity index (χ3v) is 5.73. The van der Waals surface area contributed by atoms with E-state index in [1.807, 2.05) is 43.1 Å². The second-order valence-electron chi connectivity index (χ2n) is 5.50. The molecular formula is C15H24N2O2S2. The van der Waals surface area contributed by atoms with Crippen LogP contribution in [0.4, 0.5) is 0 Å². The molecule has 0 unspecified atom stereocenters. The molecule has 1 saturated heterocycles. The minimum atomic E-state index is -0.498. The summed E-state index contributed by atoms with van der Waals surface area (Å²) in [5.74, 6) is 2.27. The van der Waals surface area contributed by atoms with Crippen LogP contribution in [-0.4, -0.2) is 52.6 Å². The number of rotatable bonds is 6. The summed E-state index contributed by atoms with van der Waals surface area (Å²) in [4.78, 5) is 15.5. The molecule has 21 heavy (non-hydrogen) atoms. The third-order valence-electron chi connectivity index (χ3n) is 3.81. The number of hydrogen-bond donors (Lipinski definition) is 2. The minimum absolute atomic E-state index is 0.0313. The molecule has 6 heteroatoms. The van der Waals surface area contributed by atoms with Crippen LogP contribution in [-0.2, 0) is 4.79 Å². The van der Waals surface area contributed by atoms with Crippen molar-refractivity contribution in [1.29, 1.82) is 0 Å². The Bertz CT molecular complexity index is 433. The van der Waals surface area contributed by atoms with E-state index in [4.69, 9.17) is 0 Å². The molecule has 1 aromatic heterocycles. The standard InChI is InChI=1S/C15H24N2O2S2/c1-11(10-13(18)14-4-3-7-21-14)16-15(19)12(2)17-5-8-20-9-6-17/h3-4,7,11-13,18H,5-6,8-10H2,1-2H3,(H,16,19)/t11-,12-,13-/m1/s1. The van der Waals surface area contributed by atoms with Crippen molar-refractivity contribution in [3.05, 3.63) is 22.4 Å². The molecule has 0 bridgehead atoms. The average Bonchev–Trinajstić information content (AvgIpc) is 3.01. The maximum Gasteiger partial charge on any atom is 0.237 e. The predicted molar refractivity (Wildman–Crippen MR) is 89.9 cm³/mol. The van der Waals surface area contributed by atoms with E-state index in [2.05, 4.69) is 10.2 Å². The summed E-state index contributed by atoms with van der Waals surface area (Å²) in [5.41, 5.74) is 0. The number of thiophene rings is 1. The lowest BCUT2D eigenvalue weighted by Gasteiger charge is -2.32. The molecular weight excluding hydrogens is 304 g/mol. The monoisotopic (exact) mass is 328 g/mol. The van der Waals surface area contributed by atoms with Gasteiger partial charge in [0.15, 0.2) is 0 Å². The normalized spacial score (nSPS) is 20.7. The number of carbonyl (C=O) groups excluding carboxylic acids is 1. The zero-order chi connectivity index (χ0) is 15.2. The van der Waals surface area contributed by atoms with E-state index >= 15 is 0 Å². The van der Waals surface area contributed by atoms with Gasteiger partial charge in [0.1, 0.15) is 0 Å². The molecule has 1 fully saturated rings. The van der Waals surface area contributed by atoms with E-state index in [9.17, 15) is 9.90 Å². The summed E-state index contributed by atoms with van der Waals surface area (Å²) in [6, 6.07) is 3.74. The van der Waals surface area contributed by atoms with Crippen LogP contribution in [0.3, 0.4) is 0 Å². The maximum atomic E-state index is 12.3. The van der Waals surface area contributed by atoms with Crippen molar-refractivity contribution in [2.45, 2.75) is 38.5 Å². The van der Waals surface area contributed by atoms with Crippen LogP contribution in [0.1, 0.15) is 31.2 Å². The summed E-state index contributed by atoms with van der Waals surface area (Å²) in [7, 11) is 0. The first-order chi connectivity index (χ1) is 10.1. The maximum absolute atomic E-state index is 12.3. The third kappa shape index (κ3) is 4.98. The van der Waals surface area contributed by atoms with Crippen LogP contribution in [0.2, 0.25) is 0 Å². The topological polar surface area (TPSA) is 52.6 Å². The first-order valence-corrected chi connectivity index (χ1v) is 9.45. The molecule has 2 N–H and O–H groups in total. The van der Waals surface area contributed by atoms with Gasteiger partial charge in [0.05, 0.1) is 12.1 Å². The molecule has 2 heterocycles. The fourth-order valence-corrected chi connectivity index (χ4v) is 4.14. The van der Waals surface area contributed by atoms with Gasteiger partial charge in [-0.05, 0) is 31.7 Å². The SMILES string of the molecule is C[C@H](C[C@@H](O)c1cccs1)NC(=O)[C@@H](C)N1CCSCC1. The Morgan fingerprint density at radius 1 is 1.43 bits per heavy atom. The molecule has 1 amide bonds. The summed E-state index contributed by atoms with van der Waals surface area (Å²) in [6.45, 7) is 5.87. The van der Waals surface area contributed by atoms with Gasteiger partial charge in [-0.25, -0.2) is 0 Å². The summed E-state index contributed by atoms with van der Waals surface area (Å²) in [5, 5.41) is 15.1. The lowest BCUT2D eigenvalue weighted by atomic mass is 10.1. The fourth-order valence-electron chi connectivity index (χ4n) is 2.48. The highest BCUT2D eigenvalue weighted by Crippen LogP contribution is 2.23. The van der Waals surface area contributed by atoms with E-state index in [-0.39, 0.29) is 18.0 Å². The van der Waals surface area contributed by atoms with Gasteiger partial charge in [0.25, 0.3) is 0 Å². The molecule has 118 valence electrons. The molecule has 1 aliphatic heterocycles. The quantitative estimate of drug-likeness (QED) is 0.840. The van der Waals surface area contributed by atoms with E-state index in [0.29, 0.717) is 6.42 Å². The smallest absolute Gasteiger partial charge is 0.237 e. The Labute approximate surface area is 134 Å². The van der Waals surface area contributed by atoms with Gasteiger partial charge in [-0.2, -0.15) is 11.8 Å². The van der Waals surface area contributed by atoms with Crippen LogP contribution in [0.15, 0.2) is 17.5 Å². The number of hydrogen-bond acceptors (Lipinski definition) is 5. The van der Waals surface area contributed by atoms with Gasteiger partial charge in [0, 0.05) is 35.5 Å². The number of thioether (sulfide) groups is 1. The number of carbonyl (C=O) groups is 1. The van der Waals surface area contributed by atoms with Gasteiger partial charge in [-0.1, -0.05) is 6.07 Å². The number of amides is 1. The van der Waals surface area contributed by atoms with Crippen LogP contribution in [0.5, 0.6) is 0 Å². The zero-order valence-electron chi connectivity index (χ0n) is 12.6. The van der Waals surface area contributed by atoms with E-state index in [1.54, 1.807) is 11.3 Å². The van der Waals surface area contributed by atoms with E-state index in [1.165, 1.54) is 0 Å². The molecule has 0 radical (unpaired) electrons. The zero-order valence-corrected chi connectivity index (χ0v) is 14.3. The largest absolute Gasteiger partial charge is 0.387 e. The molecule has 0 spiro atoms.